The summed E-state index contributed by atoms with van der Waals surface area (Å²) in [6, 6.07) is 0. The summed E-state index contributed by atoms with van der Waals surface area (Å²) in [7, 11) is 0. The Morgan fingerprint density at radius 1 is 1.21 bits per heavy atom. The predicted molar refractivity (Wildman–Crippen MR) is 98.5 cm³/mol. The Bertz CT molecular complexity index is 450. The molecule has 0 aromatic carbocycles. The van der Waals surface area contributed by atoms with Gasteiger partial charge in [0, 0.05) is 36.9 Å². The normalized spacial score (nSPS) is 17.2. The molecule has 0 atom stereocenters. The third kappa shape index (κ3) is 6.54. The number of hydrogen-bond acceptors (Lipinski definition) is 3. The third-order valence-corrected chi connectivity index (χ3v) is 4.71. The van der Waals surface area contributed by atoms with E-state index in [1.165, 1.54) is 0 Å². The largest absolute Gasteiger partial charge is 0.372 e. The Morgan fingerprint density at radius 3 is 2.42 bits per heavy atom. The summed E-state index contributed by atoms with van der Waals surface area (Å²) < 4.78 is 0. The van der Waals surface area contributed by atoms with Crippen LogP contribution in [0.1, 0.15) is 66.7 Å². The van der Waals surface area contributed by atoms with Gasteiger partial charge in [0.25, 0.3) is 0 Å². The summed E-state index contributed by atoms with van der Waals surface area (Å²) in [6.45, 7) is 13.3. The second-order valence-electron chi connectivity index (χ2n) is 8.28. The number of amides is 2. The Labute approximate surface area is 147 Å². The van der Waals surface area contributed by atoms with Crippen LogP contribution in [0, 0.1) is 5.41 Å². The first kappa shape index (κ1) is 20.5. The molecule has 1 aliphatic rings. The Balaban J connectivity index is 2.44. The van der Waals surface area contributed by atoms with Gasteiger partial charge in [-0.3, -0.25) is 9.59 Å². The van der Waals surface area contributed by atoms with Crippen molar-refractivity contribution < 1.29 is 9.59 Å². The van der Waals surface area contributed by atoms with Crippen LogP contribution in [0.4, 0.5) is 0 Å². The molecule has 1 aliphatic heterocycles. The van der Waals surface area contributed by atoms with Crippen molar-refractivity contribution in [3.63, 3.8) is 0 Å². The van der Waals surface area contributed by atoms with Crippen LogP contribution in [-0.4, -0.2) is 42.4 Å². The highest BCUT2D eigenvalue weighted by Crippen LogP contribution is 2.36. The molecule has 0 bridgehead atoms. The molecule has 0 unspecified atom stereocenters. The van der Waals surface area contributed by atoms with Crippen LogP contribution in [0.3, 0.4) is 0 Å². The summed E-state index contributed by atoms with van der Waals surface area (Å²) in [5, 5.41) is 5.74. The van der Waals surface area contributed by atoms with E-state index in [2.05, 4.69) is 56.4 Å². The lowest BCUT2D eigenvalue weighted by Crippen LogP contribution is -2.45. The van der Waals surface area contributed by atoms with Gasteiger partial charge in [-0.2, -0.15) is 0 Å². The number of unbranched alkanes of at least 4 members (excludes halogenated alkanes) is 3. The van der Waals surface area contributed by atoms with Crippen molar-refractivity contribution in [3.05, 3.63) is 11.8 Å². The molecule has 24 heavy (non-hydrogen) atoms. The van der Waals surface area contributed by atoms with Gasteiger partial charge in [0.15, 0.2) is 0 Å². The number of hydrogen-bond donors (Lipinski definition) is 2. The Morgan fingerprint density at radius 2 is 1.83 bits per heavy atom. The minimum atomic E-state index is -0.0771. The van der Waals surface area contributed by atoms with Crippen LogP contribution in [-0.2, 0) is 9.59 Å². The zero-order valence-corrected chi connectivity index (χ0v) is 16.1. The monoisotopic (exact) mass is 337 g/mol. The average Bonchev–Trinajstić information content (AvgIpc) is 2.48. The van der Waals surface area contributed by atoms with Crippen LogP contribution in [0.2, 0.25) is 0 Å². The van der Waals surface area contributed by atoms with E-state index in [0.717, 1.165) is 57.2 Å². The average molecular weight is 338 g/mol. The topological polar surface area (TPSA) is 61.4 Å². The molecule has 0 aromatic rings. The summed E-state index contributed by atoms with van der Waals surface area (Å²) in [6.07, 6.45) is 7.90. The van der Waals surface area contributed by atoms with Crippen LogP contribution >= 0.6 is 0 Å². The first-order valence-electron chi connectivity index (χ1n) is 9.13. The van der Waals surface area contributed by atoms with Crippen LogP contribution in [0.15, 0.2) is 11.8 Å². The predicted octanol–water partition coefficient (Wildman–Crippen LogP) is 2.82. The van der Waals surface area contributed by atoms with Crippen molar-refractivity contribution in [1.29, 1.82) is 0 Å². The molecule has 0 spiro atoms. The van der Waals surface area contributed by atoms with E-state index in [9.17, 15) is 9.59 Å². The number of nitrogens with one attached hydrogen (secondary N) is 2. The van der Waals surface area contributed by atoms with Gasteiger partial charge in [0.2, 0.25) is 12.3 Å². The van der Waals surface area contributed by atoms with Crippen LogP contribution in [0.5, 0.6) is 0 Å². The van der Waals surface area contributed by atoms with Gasteiger partial charge in [0.1, 0.15) is 0 Å². The summed E-state index contributed by atoms with van der Waals surface area (Å²) in [5.41, 5.74) is 0.850. The zero-order chi connectivity index (χ0) is 18.2. The Hall–Kier alpha value is -1.52. The fraction of sp³-hybridized carbons (Fsp3) is 0.789. The molecule has 0 aromatic heterocycles. The fourth-order valence-electron chi connectivity index (χ4n) is 2.89. The molecular weight excluding hydrogens is 302 g/mol. The number of rotatable bonds is 9. The molecule has 5 heteroatoms. The van der Waals surface area contributed by atoms with Crippen LogP contribution < -0.4 is 10.6 Å². The number of carbonyl (C=O) groups excluding carboxylic acids is 2. The first-order valence-corrected chi connectivity index (χ1v) is 9.13. The number of nitrogens with zero attached hydrogens (tertiary/aromatic N) is 1. The molecule has 5 nitrogen and oxygen atoms in total. The summed E-state index contributed by atoms with van der Waals surface area (Å²) in [5.74, 6) is 0.0663. The molecule has 0 radical (unpaired) electrons. The highest BCUT2D eigenvalue weighted by Gasteiger charge is 2.35. The smallest absolute Gasteiger partial charge is 0.249 e. The minimum Gasteiger partial charge on any atom is -0.372 e. The second-order valence-corrected chi connectivity index (χ2v) is 8.28. The van der Waals surface area contributed by atoms with Gasteiger partial charge in [0.05, 0.1) is 0 Å². The second kappa shape index (κ2) is 9.09. The van der Waals surface area contributed by atoms with E-state index in [4.69, 9.17) is 0 Å². The van der Waals surface area contributed by atoms with E-state index in [0.29, 0.717) is 6.54 Å². The maximum absolute atomic E-state index is 12.6. The number of carbonyl (C=O) groups is 2. The van der Waals surface area contributed by atoms with Crippen molar-refractivity contribution in [2.45, 2.75) is 72.3 Å². The van der Waals surface area contributed by atoms with E-state index >= 15 is 0 Å². The highest BCUT2D eigenvalue weighted by atomic mass is 16.1. The first-order chi connectivity index (χ1) is 11.2. The van der Waals surface area contributed by atoms with E-state index in [-0.39, 0.29) is 16.9 Å². The maximum Gasteiger partial charge on any atom is 0.249 e. The molecule has 2 N–H and O–H groups in total. The van der Waals surface area contributed by atoms with Crippen molar-refractivity contribution in [3.8, 4) is 0 Å². The maximum atomic E-state index is 12.6. The van der Waals surface area contributed by atoms with Crippen molar-refractivity contribution >= 4 is 12.3 Å². The molecule has 138 valence electrons. The quantitative estimate of drug-likeness (QED) is 0.502. The third-order valence-electron chi connectivity index (χ3n) is 4.71. The Kier molecular flexibility index (Phi) is 7.77. The van der Waals surface area contributed by atoms with E-state index in [1.54, 1.807) is 0 Å². The van der Waals surface area contributed by atoms with Gasteiger partial charge >= 0.3 is 0 Å². The van der Waals surface area contributed by atoms with Gasteiger partial charge < -0.3 is 15.5 Å². The molecule has 0 saturated heterocycles. The molecule has 1 heterocycles. The van der Waals surface area contributed by atoms with E-state index in [1.807, 2.05) is 0 Å². The fourth-order valence-corrected chi connectivity index (χ4v) is 2.89. The van der Waals surface area contributed by atoms with Crippen molar-refractivity contribution in [1.82, 2.24) is 15.5 Å². The zero-order valence-electron chi connectivity index (χ0n) is 16.1. The summed E-state index contributed by atoms with van der Waals surface area (Å²) >= 11 is 0. The molecule has 0 fully saturated rings. The minimum absolute atomic E-state index is 0.0393. The lowest BCUT2D eigenvalue weighted by molar-refractivity contribution is -0.119. The molecule has 0 aliphatic carbocycles. The molecular formula is C19H35N3O2. The summed E-state index contributed by atoms with van der Waals surface area (Å²) in [4.78, 5) is 25.0. The van der Waals surface area contributed by atoms with Gasteiger partial charge in [-0.05, 0) is 45.4 Å². The lowest BCUT2D eigenvalue weighted by Gasteiger charge is -2.43. The van der Waals surface area contributed by atoms with Gasteiger partial charge in [-0.1, -0.05) is 26.7 Å². The lowest BCUT2D eigenvalue weighted by atomic mass is 9.78. The van der Waals surface area contributed by atoms with E-state index < -0.39 is 0 Å². The molecule has 2 amide bonds. The van der Waals surface area contributed by atoms with Crippen molar-refractivity contribution in [2.75, 3.05) is 19.6 Å². The standard InChI is InChI=1S/C19H35N3O2/c1-18(2,3)22-13-10-19(4,5)16(14-22)17(24)21-12-9-7-6-8-11-20-15-23/h14-15H,6-13H2,1-5H3,(H,20,23)(H,21,24). The van der Waals surface area contributed by atoms with Crippen molar-refractivity contribution in [2.24, 2.45) is 5.41 Å². The molecule has 1 rings (SSSR count). The SMILES string of the molecule is CC1(C)CCN(C(C)(C)C)C=C1C(=O)NCCCCCCNC=O. The molecule has 0 saturated carbocycles. The highest BCUT2D eigenvalue weighted by molar-refractivity contribution is 5.94. The van der Waals surface area contributed by atoms with Gasteiger partial charge in [-0.15, -0.1) is 0 Å². The van der Waals surface area contributed by atoms with Crippen LogP contribution in [0.25, 0.3) is 0 Å². The van der Waals surface area contributed by atoms with Gasteiger partial charge in [-0.25, -0.2) is 0 Å².